The van der Waals surface area contributed by atoms with Crippen LogP contribution in [0.15, 0.2) is 34.8 Å². The van der Waals surface area contributed by atoms with Gasteiger partial charge in [0.2, 0.25) is 0 Å². The maximum absolute atomic E-state index is 6.14. The van der Waals surface area contributed by atoms with Crippen LogP contribution in [0.25, 0.3) is 0 Å². The largest absolute Gasteiger partial charge is 0.389 e. The Morgan fingerprint density at radius 3 is 2.30 bits per heavy atom. The average molecular weight is 411 g/mol. The molecular formula is C13H8BrCl3N2S. The van der Waals surface area contributed by atoms with Gasteiger partial charge in [-0.3, -0.25) is 0 Å². The molecule has 7 heteroatoms. The zero-order valence-electron chi connectivity index (χ0n) is 9.88. The molecule has 0 heterocycles. The Morgan fingerprint density at radius 1 is 1.00 bits per heavy atom. The summed E-state index contributed by atoms with van der Waals surface area (Å²) >= 11 is 26.5. The van der Waals surface area contributed by atoms with E-state index in [1.54, 1.807) is 12.1 Å². The van der Waals surface area contributed by atoms with Gasteiger partial charge in [-0.05, 0) is 30.3 Å². The number of benzene rings is 2. The van der Waals surface area contributed by atoms with Crippen LogP contribution in [0.5, 0.6) is 0 Å². The van der Waals surface area contributed by atoms with E-state index < -0.39 is 0 Å². The molecule has 0 spiro atoms. The molecule has 0 atom stereocenters. The predicted molar refractivity (Wildman–Crippen MR) is 94.8 cm³/mol. The van der Waals surface area contributed by atoms with E-state index in [-0.39, 0.29) is 4.99 Å². The van der Waals surface area contributed by atoms with Crippen LogP contribution >= 0.6 is 63.0 Å². The second-order valence-corrected chi connectivity index (χ2v) is 6.50. The normalized spacial score (nSPS) is 10.4. The van der Waals surface area contributed by atoms with Crippen molar-refractivity contribution in [3.63, 3.8) is 0 Å². The molecule has 0 aliphatic rings. The fourth-order valence-corrected chi connectivity index (χ4v) is 2.73. The molecular weight excluding hydrogens is 402 g/mol. The maximum atomic E-state index is 6.14. The van der Waals surface area contributed by atoms with Crippen molar-refractivity contribution in [2.75, 3.05) is 5.32 Å². The molecule has 0 amide bonds. The van der Waals surface area contributed by atoms with E-state index in [1.807, 2.05) is 18.2 Å². The van der Waals surface area contributed by atoms with Gasteiger partial charge in [-0.25, -0.2) is 0 Å². The lowest BCUT2D eigenvalue weighted by molar-refractivity contribution is 1.50. The van der Waals surface area contributed by atoms with Crippen molar-refractivity contribution in [1.82, 2.24) is 0 Å². The first kappa shape index (κ1) is 15.9. The van der Waals surface area contributed by atoms with Crippen LogP contribution in [-0.4, -0.2) is 4.99 Å². The van der Waals surface area contributed by atoms with Crippen molar-refractivity contribution in [3.05, 3.63) is 55.4 Å². The monoisotopic (exact) mass is 408 g/mol. The van der Waals surface area contributed by atoms with Crippen molar-refractivity contribution in [2.45, 2.75) is 0 Å². The van der Waals surface area contributed by atoms with E-state index in [4.69, 9.17) is 52.8 Å². The molecule has 0 unspecified atom stereocenters. The molecule has 0 radical (unpaired) electrons. The van der Waals surface area contributed by atoms with Gasteiger partial charge in [0, 0.05) is 15.7 Å². The molecule has 2 aromatic rings. The van der Waals surface area contributed by atoms with Gasteiger partial charge in [-0.1, -0.05) is 63.0 Å². The zero-order valence-corrected chi connectivity index (χ0v) is 14.6. The van der Waals surface area contributed by atoms with Crippen molar-refractivity contribution < 1.29 is 0 Å². The van der Waals surface area contributed by atoms with E-state index in [0.717, 1.165) is 10.2 Å². The summed E-state index contributed by atoms with van der Waals surface area (Å²) in [5, 5.41) is 4.41. The fourth-order valence-electron chi connectivity index (χ4n) is 1.60. The molecule has 2 rings (SSSR count). The lowest BCUT2D eigenvalue weighted by atomic mass is 10.1. The molecule has 0 saturated carbocycles. The summed E-state index contributed by atoms with van der Waals surface area (Å²) in [4.78, 5) is 0.288. The van der Waals surface area contributed by atoms with E-state index >= 15 is 0 Å². The molecule has 0 aliphatic heterocycles. The third-order valence-corrected chi connectivity index (χ3v) is 4.27. The van der Waals surface area contributed by atoms with Gasteiger partial charge in [-0.15, -0.1) is 0 Å². The highest BCUT2D eigenvalue weighted by molar-refractivity contribution is 9.10. The Hall–Kier alpha value is -0.520. The van der Waals surface area contributed by atoms with Gasteiger partial charge in [0.25, 0.3) is 0 Å². The molecule has 20 heavy (non-hydrogen) atoms. The number of rotatable bonds is 3. The summed E-state index contributed by atoms with van der Waals surface area (Å²) in [7, 11) is 0. The quantitative estimate of drug-likeness (QED) is 0.497. The fraction of sp³-hybridized carbons (Fsp3) is 0. The lowest BCUT2D eigenvalue weighted by Gasteiger charge is -2.14. The Balaban J connectivity index is 2.47. The highest BCUT2D eigenvalue weighted by atomic mass is 79.9. The van der Waals surface area contributed by atoms with Crippen LogP contribution in [0.1, 0.15) is 5.56 Å². The van der Waals surface area contributed by atoms with Crippen LogP contribution in [0.4, 0.5) is 11.4 Å². The summed E-state index contributed by atoms with van der Waals surface area (Å²) < 4.78 is 0.885. The number of nitrogens with two attached hydrogens (primary N) is 1. The van der Waals surface area contributed by atoms with Crippen LogP contribution in [0.2, 0.25) is 15.1 Å². The van der Waals surface area contributed by atoms with Gasteiger partial charge in [0.1, 0.15) is 4.99 Å². The number of nitrogens with one attached hydrogen (secondary N) is 1. The SMILES string of the molecule is NC(=S)c1ccc(Br)cc1Nc1cc(Cl)c(Cl)cc1Cl. The Bertz CT molecular complexity index is 692. The number of hydrogen-bond acceptors (Lipinski definition) is 2. The number of halogens is 4. The minimum Gasteiger partial charge on any atom is -0.389 e. The maximum Gasteiger partial charge on any atom is 0.106 e. The van der Waals surface area contributed by atoms with E-state index in [1.165, 1.54) is 0 Å². The highest BCUT2D eigenvalue weighted by Gasteiger charge is 2.10. The second kappa shape index (κ2) is 6.50. The Labute approximate surface area is 145 Å². The lowest BCUT2D eigenvalue weighted by Crippen LogP contribution is -2.12. The highest BCUT2D eigenvalue weighted by Crippen LogP contribution is 2.35. The molecule has 0 bridgehead atoms. The number of anilines is 2. The Kier molecular flexibility index (Phi) is 5.15. The number of hydrogen-bond donors (Lipinski definition) is 2. The topological polar surface area (TPSA) is 38.0 Å². The summed E-state index contributed by atoms with van der Waals surface area (Å²) in [5.41, 5.74) is 7.77. The first-order valence-corrected chi connectivity index (χ1v) is 7.73. The van der Waals surface area contributed by atoms with Crippen LogP contribution in [-0.2, 0) is 0 Å². The minimum atomic E-state index is 0.288. The van der Waals surface area contributed by atoms with Gasteiger partial charge in [0.05, 0.1) is 20.8 Å². The first-order chi connectivity index (χ1) is 9.38. The van der Waals surface area contributed by atoms with Crippen LogP contribution in [0.3, 0.4) is 0 Å². The van der Waals surface area contributed by atoms with Crippen LogP contribution in [0, 0.1) is 0 Å². The predicted octanol–water partition coefficient (Wildman–Crippen LogP) is 5.79. The first-order valence-electron chi connectivity index (χ1n) is 5.39. The smallest absolute Gasteiger partial charge is 0.106 e. The van der Waals surface area contributed by atoms with Gasteiger partial charge in [0.15, 0.2) is 0 Å². The molecule has 0 saturated heterocycles. The van der Waals surface area contributed by atoms with E-state index in [2.05, 4.69) is 21.2 Å². The van der Waals surface area contributed by atoms with Gasteiger partial charge < -0.3 is 11.1 Å². The molecule has 104 valence electrons. The average Bonchev–Trinajstić information content (AvgIpc) is 2.35. The van der Waals surface area contributed by atoms with E-state index in [0.29, 0.717) is 26.3 Å². The minimum absolute atomic E-state index is 0.288. The molecule has 0 fully saturated rings. The standard InChI is InChI=1S/C13H8BrCl3N2S/c14-6-1-2-7(13(18)20)11(3-6)19-12-5-9(16)8(15)4-10(12)17/h1-5,19H,(H2,18,20). The van der Waals surface area contributed by atoms with Crippen molar-refractivity contribution in [3.8, 4) is 0 Å². The Morgan fingerprint density at radius 2 is 1.65 bits per heavy atom. The summed E-state index contributed by atoms with van der Waals surface area (Å²) in [6.45, 7) is 0. The summed E-state index contributed by atoms with van der Waals surface area (Å²) in [5.74, 6) is 0. The molecule has 0 aromatic heterocycles. The summed E-state index contributed by atoms with van der Waals surface area (Å²) in [6, 6.07) is 8.76. The van der Waals surface area contributed by atoms with Crippen LogP contribution < -0.4 is 11.1 Å². The zero-order chi connectivity index (χ0) is 14.9. The van der Waals surface area contributed by atoms with Crippen molar-refractivity contribution in [1.29, 1.82) is 0 Å². The number of thiocarbonyl (C=S) groups is 1. The summed E-state index contributed by atoms with van der Waals surface area (Å²) in [6.07, 6.45) is 0. The third-order valence-electron chi connectivity index (χ3n) is 2.53. The molecule has 0 aliphatic carbocycles. The molecule has 2 nitrogen and oxygen atoms in total. The third kappa shape index (κ3) is 3.57. The molecule has 2 aromatic carbocycles. The van der Waals surface area contributed by atoms with Gasteiger partial charge in [-0.2, -0.15) is 0 Å². The van der Waals surface area contributed by atoms with E-state index in [9.17, 15) is 0 Å². The second-order valence-electron chi connectivity index (χ2n) is 3.93. The van der Waals surface area contributed by atoms with Crippen molar-refractivity contribution in [2.24, 2.45) is 5.73 Å². The van der Waals surface area contributed by atoms with Crippen molar-refractivity contribution >= 4 is 79.3 Å². The van der Waals surface area contributed by atoms with Gasteiger partial charge >= 0.3 is 0 Å². The molecule has 3 N–H and O–H groups in total.